The maximum atomic E-state index is 4.46. The van der Waals surface area contributed by atoms with E-state index in [-0.39, 0.29) is 24.0 Å². The van der Waals surface area contributed by atoms with Crippen LogP contribution in [0, 0.1) is 0 Å². The van der Waals surface area contributed by atoms with E-state index in [2.05, 4.69) is 77.2 Å². The minimum absolute atomic E-state index is 0. The molecule has 1 atom stereocenters. The van der Waals surface area contributed by atoms with Crippen molar-refractivity contribution < 1.29 is 0 Å². The molecule has 1 N–H and O–H groups in total. The van der Waals surface area contributed by atoms with Gasteiger partial charge in [-0.3, -0.25) is 4.99 Å². The van der Waals surface area contributed by atoms with E-state index in [0.717, 1.165) is 30.8 Å². The predicted octanol–water partition coefficient (Wildman–Crippen LogP) is 3.27. The highest BCUT2D eigenvalue weighted by molar-refractivity contribution is 14.0. The van der Waals surface area contributed by atoms with Crippen LogP contribution in [0.5, 0.6) is 0 Å². The van der Waals surface area contributed by atoms with E-state index in [4.69, 9.17) is 0 Å². The first-order valence-electron chi connectivity index (χ1n) is 7.97. The summed E-state index contributed by atoms with van der Waals surface area (Å²) in [6, 6.07) is 8.63. The molecule has 0 spiro atoms. The van der Waals surface area contributed by atoms with Gasteiger partial charge in [-0.15, -0.1) is 24.0 Å². The first-order chi connectivity index (χ1) is 10.6. The number of aliphatic imine (C=N–C) groups is 1. The number of halogens is 1. The molecule has 1 aliphatic rings. The van der Waals surface area contributed by atoms with Crippen LogP contribution >= 0.6 is 35.7 Å². The van der Waals surface area contributed by atoms with Crippen molar-refractivity contribution >= 4 is 47.4 Å². The molecule has 1 aliphatic heterocycles. The van der Waals surface area contributed by atoms with Crippen LogP contribution in [-0.4, -0.2) is 56.1 Å². The van der Waals surface area contributed by atoms with Gasteiger partial charge in [0, 0.05) is 57.5 Å². The van der Waals surface area contributed by atoms with Crippen molar-refractivity contribution in [2.75, 3.05) is 44.9 Å². The second-order valence-corrected chi connectivity index (χ2v) is 7.22. The summed E-state index contributed by atoms with van der Waals surface area (Å²) in [4.78, 5) is 8.99. The minimum atomic E-state index is 0. The summed E-state index contributed by atoms with van der Waals surface area (Å²) in [6.07, 6.45) is 1.23. The number of nitrogens with one attached hydrogen (secondary N) is 1. The summed E-state index contributed by atoms with van der Waals surface area (Å²) in [7, 11) is 6.02. The Labute approximate surface area is 162 Å². The maximum absolute atomic E-state index is 4.46. The average molecular weight is 448 g/mol. The smallest absolute Gasteiger partial charge is 0.193 e. The quantitative estimate of drug-likeness (QED) is 0.435. The highest BCUT2D eigenvalue weighted by atomic mass is 127. The topological polar surface area (TPSA) is 30.9 Å². The summed E-state index contributed by atoms with van der Waals surface area (Å²) in [5.41, 5.74) is 2.51. The molecule has 0 aromatic heterocycles. The molecular formula is C17H29IN4S. The van der Waals surface area contributed by atoms with Gasteiger partial charge in [0.05, 0.1) is 0 Å². The van der Waals surface area contributed by atoms with Crippen LogP contribution in [0.2, 0.25) is 0 Å². The highest BCUT2D eigenvalue weighted by Crippen LogP contribution is 2.21. The average Bonchev–Trinajstić information content (AvgIpc) is 2.56. The normalized spacial score (nSPS) is 18.3. The van der Waals surface area contributed by atoms with Crippen molar-refractivity contribution in [3.8, 4) is 0 Å². The molecule has 0 saturated carbocycles. The molecule has 130 valence electrons. The lowest BCUT2D eigenvalue weighted by Crippen LogP contribution is -2.47. The Kier molecular flexibility index (Phi) is 9.12. The molecule has 1 heterocycles. The maximum Gasteiger partial charge on any atom is 0.193 e. The molecule has 4 nitrogen and oxygen atoms in total. The summed E-state index contributed by atoms with van der Waals surface area (Å²) in [5, 5.41) is 4.24. The Bertz CT molecular complexity index is 507. The number of benzene rings is 1. The van der Waals surface area contributed by atoms with Gasteiger partial charge in [0.2, 0.25) is 0 Å². The first kappa shape index (κ1) is 20.4. The van der Waals surface area contributed by atoms with E-state index < -0.39 is 0 Å². The third-order valence-electron chi connectivity index (χ3n) is 3.98. The number of hydrogen-bond acceptors (Lipinski definition) is 3. The van der Waals surface area contributed by atoms with Crippen molar-refractivity contribution in [1.29, 1.82) is 0 Å². The Morgan fingerprint density at radius 1 is 1.43 bits per heavy atom. The molecule has 23 heavy (non-hydrogen) atoms. The summed E-state index contributed by atoms with van der Waals surface area (Å²) >= 11 is 2.08. The predicted molar refractivity (Wildman–Crippen MR) is 114 cm³/mol. The fourth-order valence-corrected chi connectivity index (χ4v) is 3.80. The first-order valence-corrected chi connectivity index (χ1v) is 9.02. The molecule has 1 fully saturated rings. The minimum Gasteiger partial charge on any atom is -0.378 e. The molecule has 0 bridgehead atoms. The van der Waals surface area contributed by atoms with Crippen LogP contribution in [-0.2, 0) is 6.54 Å². The fraction of sp³-hybridized carbons (Fsp3) is 0.588. The number of thioether (sulfide) groups is 1. The molecule has 0 radical (unpaired) electrons. The third kappa shape index (κ3) is 6.06. The van der Waals surface area contributed by atoms with E-state index in [1.165, 1.54) is 23.4 Å². The zero-order valence-electron chi connectivity index (χ0n) is 14.6. The molecule has 1 saturated heterocycles. The van der Waals surface area contributed by atoms with E-state index >= 15 is 0 Å². The zero-order valence-corrected chi connectivity index (χ0v) is 17.7. The fourth-order valence-electron chi connectivity index (χ4n) is 2.62. The van der Waals surface area contributed by atoms with Crippen LogP contribution < -0.4 is 10.2 Å². The number of hydrogen-bond donors (Lipinski definition) is 1. The highest BCUT2D eigenvalue weighted by Gasteiger charge is 2.21. The summed E-state index contributed by atoms with van der Waals surface area (Å²) < 4.78 is 0. The Morgan fingerprint density at radius 3 is 2.87 bits per heavy atom. The van der Waals surface area contributed by atoms with Gasteiger partial charge in [-0.1, -0.05) is 19.1 Å². The third-order valence-corrected chi connectivity index (χ3v) is 5.36. The lowest BCUT2D eigenvalue weighted by molar-refractivity contribution is 0.408. The molecule has 1 aromatic rings. The van der Waals surface area contributed by atoms with Gasteiger partial charge in [-0.2, -0.15) is 11.8 Å². The summed E-state index contributed by atoms with van der Waals surface area (Å²) in [6.45, 7) is 5.26. The van der Waals surface area contributed by atoms with Gasteiger partial charge in [0.1, 0.15) is 0 Å². The van der Waals surface area contributed by atoms with Crippen molar-refractivity contribution in [3.05, 3.63) is 29.8 Å². The second-order valence-electron chi connectivity index (χ2n) is 5.81. The van der Waals surface area contributed by atoms with Crippen molar-refractivity contribution in [3.63, 3.8) is 0 Å². The van der Waals surface area contributed by atoms with E-state index in [0.29, 0.717) is 0 Å². The molecule has 1 unspecified atom stereocenters. The molecule has 1 aromatic carbocycles. The largest absolute Gasteiger partial charge is 0.378 e. The van der Waals surface area contributed by atoms with Crippen LogP contribution in [0.25, 0.3) is 0 Å². The molecular weight excluding hydrogens is 419 g/mol. The Hall–Kier alpha value is -0.630. The number of anilines is 1. The van der Waals surface area contributed by atoms with Gasteiger partial charge in [-0.05, 0) is 24.1 Å². The van der Waals surface area contributed by atoms with Gasteiger partial charge in [0.25, 0.3) is 0 Å². The van der Waals surface area contributed by atoms with Gasteiger partial charge in [0.15, 0.2) is 5.96 Å². The molecule has 0 amide bonds. The number of nitrogens with zero attached hydrogens (tertiary/aromatic N) is 3. The summed E-state index contributed by atoms with van der Waals surface area (Å²) in [5.74, 6) is 2.21. The van der Waals surface area contributed by atoms with E-state index in [9.17, 15) is 0 Å². The Morgan fingerprint density at radius 2 is 2.22 bits per heavy atom. The Balaban J connectivity index is 0.00000264. The van der Waals surface area contributed by atoms with Crippen LogP contribution in [0.1, 0.15) is 18.9 Å². The standard InChI is InChI=1S/C17H28N4S.HI/c1-5-16-13-21(9-10-22-16)17(18-2)19-12-14-7-6-8-15(11-14)20(3)4;/h6-8,11,16H,5,9-10,12-13H2,1-4H3,(H,18,19);1H. The van der Waals surface area contributed by atoms with Gasteiger partial charge < -0.3 is 15.1 Å². The monoisotopic (exact) mass is 448 g/mol. The van der Waals surface area contributed by atoms with Gasteiger partial charge in [-0.25, -0.2) is 0 Å². The van der Waals surface area contributed by atoms with E-state index in [1.54, 1.807) is 0 Å². The van der Waals surface area contributed by atoms with Crippen LogP contribution in [0.15, 0.2) is 29.3 Å². The number of guanidine groups is 1. The lowest BCUT2D eigenvalue weighted by Gasteiger charge is -2.34. The van der Waals surface area contributed by atoms with E-state index in [1.807, 2.05) is 7.05 Å². The molecule has 0 aliphatic carbocycles. The van der Waals surface area contributed by atoms with Crippen LogP contribution in [0.3, 0.4) is 0 Å². The van der Waals surface area contributed by atoms with Gasteiger partial charge >= 0.3 is 0 Å². The molecule has 2 rings (SSSR count). The van der Waals surface area contributed by atoms with Crippen LogP contribution in [0.4, 0.5) is 5.69 Å². The van der Waals surface area contributed by atoms with Crippen molar-refractivity contribution in [2.45, 2.75) is 25.1 Å². The molecule has 6 heteroatoms. The lowest BCUT2D eigenvalue weighted by atomic mass is 10.2. The van der Waals surface area contributed by atoms with Crippen molar-refractivity contribution in [2.24, 2.45) is 4.99 Å². The number of rotatable bonds is 4. The second kappa shape index (κ2) is 10.3. The SMILES string of the molecule is CCC1CN(C(=NC)NCc2cccc(N(C)C)c2)CCS1.I. The zero-order chi connectivity index (χ0) is 15.9. The van der Waals surface area contributed by atoms with Crippen molar-refractivity contribution in [1.82, 2.24) is 10.2 Å².